The molecule has 2 heterocycles. The number of pyridine rings is 1. The van der Waals surface area contributed by atoms with Crippen molar-refractivity contribution in [3.05, 3.63) is 23.9 Å². The average Bonchev–Trinajstić information content (AvgIpc) is 2.58. The summed E-state index contributed by atoms with van der Waals surface area (Å²) in [7, 11) is 0. The first-order valence-electron chi connectivity index (χ1n) is 7.73. The van der Waals surface area contributed by atoms with Crippen LogP contribution in [0.3, 0.4) is 0 Å². The van der Waals surface area contributed by atoms with Gasteiger partial charge in [-0.1, -0.05) is 0 Å². The summed E-state index contributed by atoms with van der Waals surface area (Å²) in [6.07, 6.45) is -2.59. The number of alkyl halides is 3. The van der Waals surface area contributed by atoms with Crippen molar-refractivity contribution in [2.24, 2.45) is 11.7 Å². The Morgan fingerprint density at radius 1 is 1.36 bits per heavy atom. The maximum Gasteiger partial charge on any atom is 0.416 e. The van der Waals surface area contributed by atoms with Gasteiger partial charge in [0.2, 0.25) is 0 Å². The smallest absolute Gasteiger partial charge is 0.416 e. The molecule has 3 N–H and O–H groups in total. The Balaban J connectivity index is 1.80. The SMILES string of the molecule is NC(=O)COC(=O)NCC1CCN(c2cc(C(F)(F)F)ccn2)CC1. The van der Waals surface area contributed by atoms with E-state index in [9.17, 15) is 22.8 Å². The molecule has 10 heteroatoms. The first-order valence-corrected chi connectivity index (χ1v) is 7.73. The van der Waals surface area contributed by atoms with Crippen LogP contribution in [0.1, 0.15) is 18.4 Å². The van der Waals surface area contributed by atoms with Crippen molar-refractivity contribution in [3.8, 4) is 0 Å². The summed E-state index contributed by atoms with van der Waals surface area (Å²) < 4.78 is 42.9. The lowest BCUT2D eigenvalue weighted by Gasteiger charge is -2.33. The molecule has 1 aliphatic heterocycles. The third-order valence-corrected chi connectivity index (χ3v) is 3.89. The second kappa shape index (κ2) is 8.04. The van der Waals surface area contributed by atoms with Gasteiger partial charge in [0, 0.05) is 25.8 Å². The van der Waals surface area contributed by atoms with Crippen molar-refractivity contribution in [1.29, 1.82) is 0 Å². The van der Waals surface area contributed by atoms with Gasteiger partial charge in [0.1, 0.15) is 5.82 Å². The zero-order chi connectivity index (χ0) is 18.4. The van der Waals surface area contributed by atoms with Gasteiger partial charge in [0.15, 0.2) is 6.61 Å². The second-order valence-corrected chi connectivity index (χ2v) is 5.75. The van der Waals surface area contributed by atoms with E-state index in [-0.39, 0.29) is 5.92 Å². The molecule has 0 unspecified atom stereocenters. The Labute approximate surface area is 142 Å². The number of rotatable bonds is 5. The van der Waals surface area contributed by atoms with Gasteiger partial charge in [-0.15, -0.1) is 0 Å². The Kier molecular flexibility index (Phi) is 6.05. The Bertz CT molecular complexity index is 616. The number of nitrogens with two attached hydrogens (primary N) is 1. The van der Waals surface area contributed by atoms with Gasteiger partial charge in [0.25, 0.3) is 5.91 Å². The van der Waals surface area contributed by atoms with E-state index in [2.05, 4.69) is 15.0 Å². The number of alkyl carbamates (subject to hydrolysis) is 1. The van der Waals surface area contributed by atoms with Crippen molar-refractivity contribution in [3.63, 3.8) is 0 Å². The number of aromatic nitrogens is 1. The fourth-order valence-electron chi connectivity index (χ4n) is 2.55. The zero-order valence-corrected chi connectivity index (χ0v) is 13.4. The highest BCUT2D eigenvalue weighted by atomic mass is 19.4. The summed E-state index contributed by atoms with van der Waals surface area (Å²) in [4.78, 5) is 27.6. The van der Waals surface area contributed by atoms with Gasteiger partial charge in [-0.3, -0.25) is 4.79 Å². The molecule has 0 atom stereocenters. The minimum Gasteiger partial charge on any atom is -0.439 e. The van der Waals surface area contributed by atoms with E-state index in [1.807, 2.05) is 0 Å². The predicted molar refractivity (Wildman–Crippen MR) is 82.7 cm³/mol. The summed E-state index contributed by atoms with van der Waals surface area (Å²) in [6.45, 7) is 0.959. The van der Waals surface area contributed by atoms with E-state index in [1.165, 1.54) is 0 Å². The number of ether oxygens (including phenoxy) is 1. The Morgan fingerprint density at radius 2 is 2.04 bits per heavy atom. The molecule has 138 valence electrons. The number of nitrogens with one attached hydrogen (secondary N) is 1. The summed E-state index contributed by atoms with van der Waals surface area (Å²) in [5.74, 6) is -0.276. The fraction of sp³-hybridized carbons (Fsp3) is 0.533. The minimum absolute atomic E-state index is 0.170. The fourth-order valence-corrected chi connectivity index (χ4v) is 2.55. The van der Waals surface area contributed by atoms with E-state index >= 15 is 0 Å². The van der Waals surface area contributed by atoms with E-state index in [1.54, 1.807) is 4.90 Å². The lowest BCUT2D eigenvalue weighted by Crippen LogP contribution is -2.39. The number of hydrogen-bond acceptors (Lipinski definition) is 5. The van der Waals surface area contributed by atoms with Gasteiger partial charge in [-0.05, 0) is 30.9 Å². The highest BCUT2D eigenvalue weighted by molar-refractivity contribution is 5.78. The van der Waals surface area contributed by atoms with E-state index in [4.69, 9.17) is 5.73 Å². The number of anilines is 1. The molecule has 1 saturated heterocycles. The van der Waals surface area contributed by atoms with Crippen LogP contribution in [0.15, 0.2) is 18.3 Å². The molecule has 0 radical (unpaired) electrons. The third-order valence-electron chi connectivity index (χ3n) is 3.89. The van der Waals surface area contributed by atoms with Gasteiger partial charge >= 0.3 is 12.3 Å². The number of carbonyl (C=O) groups excluding carboxylic acids is 2. The largest absolute Gasteiger partial charge is 0.439 e. The molecule has 0 aromatic carbocycles. The molecule has 7 nitrogen and oxygen atoms in total. The monoisotopic (exact) mass is 360 g/mol. The summed E-state index contributed by atoms with van der Waals surface area (Å²) in [6, 6.07) is 1.98. The molecular formula is C15H19F3N4O3. The van der Waals surface area contributed by atoms with Crippen molar-refractivity contribution in [2.45, 2.75) is 19.0 Å². The lowest BCUT2D eigenvalue weighted by atomic mass is 9.97. The highest BCUT2D eigenvalue weighted by Crippen LogP contribution is 2.31. The Morgan fingerprint density at radius 3 is 2.64 bits per heavy atom. The van der Waals surface area contributed by atoms with Gasteiger partial charge in [-0.25, -0.2) is 9.78 Å². The van der Waals surface area contributed by atoms with Crippen LogP contribution in [-0.4, -0.2) is 43.2 Å². The van der Waals surface area contributed by atoms with Gasteiger partial charge in [-0.2, -0.15) is 13.2 Å². The molecule has 1 aromatic heterocycles. The van der Waals surface area contributed by atoms with Crippen LogP contribution in [0.25, 0.3) is 0 Å². The first-order chi connectivity index (χ1) is 11.8. The standard InChI is InChI=1S/C15H19F3N4O3/c16-15(17,18)11-1-4-20-13(7-11)22-5-2-10(3-6-22)8-21-14(24)25-9-12(19)23/h1,4,7,10H,2-3,5-6,8-9H2,(H2,19,23)(H,21,24). The minimum atomic E-state index is -4.40. The molecule has 1 aliphatic rings. The molecule has 0 bridgehead atoms. The molecule has 2 amide bonds. The maximum absolute atomic E-state index is 12.8. The number of piperidine rings is 1. The van der Waals surface area contributed by atoms with Crippen LogP contribution in [0.4, 0.5) is 23.8 Å². The van der Waals surface area contributed by atoms with E-state index in [0.29, 0.717) is 38.3 Å². The molecule has 2 rings (SSSR count). The van der Waals surface area contributed by atoms with Crippen molar-refractivity contribution >= 4 is 17.8 Å². The van der Waals surface area contributed by atoms with Crippen molar-refractivity contribution < 1.29 is 27.5 Å². The summed E-state index contributed by atoms with van der Waals surface area (Å²) in [5, 5.41) is 2.54. The van der Waals surface area contributed by atoms with Gasteiger partial charge < -0.3 is 20.7 Å². The number of halogens is 3. The summed E-state index contributed by atoms with van der Waals surface area (Å²) >= 11 is 0. The molecule has 1 fully saturated rings. The van der Waals surface area contributed by atoms with Crippen LogP contribution in [0, 0.1) is 5.92 Å². The number of primary amides is 1. The molecular weight excluding hydrogens is 341 g/mol. The zero-order valence-electron chi connectivity index (χ0n) is 13.4. The van der Waals surface area contributed by atoms with E-state index < -0.39 is 30.3 Å². The van der Waals surface area contributed by atoms with Gasteiger partial charge in [0.05, 0.1) is 5.56 Å². The second-order valence-electron chi connectivity index (χ2n) is 5.75. The quantitative estimate of drug-likeness (QED) is 0.830. The maximum atomic E-state index is 12.8. The molecule has 0 aliphatic carbocycles. The normalized spacial score (nSPS) is 15.7. The predicted octanol–water partition coefficient (Wildman–Crippen LogP) is 1.53. The average molecular weight is 360 g/mol. The highest BCUT2D eigenvalue weighted by Gasteiger charge is 2.31. The van der Waals surface area contributed by atoms with Crippen LogP contribution in [-0.2, 0) is 15.7 Å². The molecule has 0 saturated carbocycles. The van der Waals surface area contributed by atoms with Crippen LogP contribution in [0.5, 0.6) is 0 Å². The van der Waals surface area contributed by atoms with Crippen LogP contribution >= 0.6 is 0 Å². The number of amides is 2. The summed E-state index contributed by atoms with van der Waals surface area (Å²) in [5.41, 5.74) is 4.14. The number of carbonyl (C=O) groups is 2. The topological polar surface area (TPSA) is 97.6 Å². The van der Waals surface area contributed by atoms with Crippen molar-refractivity contribution in [2.75, 3.05) is 31.1 Å². The molecule has 1 aromatic rings. The lowest BCUT2D eigenvalue weighted by molar-refractivity contribution is -0.137. The van der Waals surface area contributed by atoms with Crippen molar-refractivity contribution in [1.82, 2.24) is 10.3 Å². The Hall–Kier alpha value is -2.52. The molecule has 0 spiro atoms. The van der Waals surface area contributed by atoms with E-state index in [0.717, 1.165) is 18.3 Å². The van der Waals surface area contributed by atoms with Crippen LogP contribution in [0.2, 0.25) is 0 Å². The third kappa shape index (κ3) is 5.80. The number of nitrogens with zero attached hydrogens (tertiary/aromatic N) is 2. The van der Waals surface area contributed by atoms with Crippen LogP contribution < -0.4 is 16.0 Å². The number of hydrogen-bond donors (Lipinski definition) is 2. The first kappa shape index (κ1) is 18.8. The molecule has 25 heavy (non-hydrogen) atoms.